The molecule has 1 heterocycles. The minimum Gasteiger partial charge on any atom is -0.478 e. The van der Waals surface area contributed by atoms with Gasteiger partial charge in [-0.15, -0.1) is 0 Å². The summed E-state index contributed by atoms with van der Waals surface area (Å²) in [4.78, 5) is 11.0. The lowest BCUT2D eigenvalue weighted by Crippen LogP contribution is -2.29. The van der Waals surface area contributed by atoms with Crippen LogP contribution in [0.4, 0.5) is 5.69 Å². The van der Waals surface area contributed by atoms with Crippen molar-refractivity contribution < 1.29 is 9.90 Å². The molecule has 0 aromatic heterocycles. The van der Waals surface area contributed by atoms with Gasteiger partial charge >= 0.3 is 5.97 Å². The molecule has 1 aliphatic heterocycles. The van der Waals surface area contributed by atoms with E-state index in [9.17, 15) is 4.79 Å². The van der Waals surface area contributed by atoms with E-state index in [1.807, 2.05) is 12.1 Å². The number of hydrogen-bond donors (Lipinski definition) is 2. The minimum atomic E-state index is -0.887. The second-order valence-corrected chi connectivity index (χ2v) is 6.96. The molecule has 116 valence electrons. The zero-order valence-corrected chi connectivity index (χ0v) is 14.0. The smallest absolute Gasteiger partial charge is 0.335 e. The Kier molecular flexibility index (Phi) is 3.49. The quantitative estimate of drug-likeness (QED) is 0.734. The van der Waals surface area contributed by atoms with E-state index in [0.29, 0.717) is 17.4 Å². The van der Waals surface area contributed by atoms with Crippen LogP contribution in [-0.4, -0.2) is 11.1 Å². The molecule has 23 heavy (non-hydrogen) atoms. The fourth-order valence-electron chi connectivity index (χ4n) is 3.75. The van der Waals surface area contributed by atoms with Crippen molar-refractivity contribution in [1.29, 1.82) is 0 Å². The van der Waals surface area contributed by atoms with Crippen molar-refractivity contribution in [2.45, 2.75) is 18.4 Å². The van der Waals surface area contributed by atoms with Crippen LogP contribution in [0, 0.1) is 5.92 Å². The van der Waals surface area contributed by atoms with Gasteiger partial charge in [0.2, 0.25) is 0 Å². The summed E-state index contributed by atoms with van der Waals surface area (Å²) in [5.74, 6) is -0.0120. The second-order valence-electron chi connectivity index (χ2n) is 6.11. The molecule has 0 saturated heterocycles. The topological polar surface area (TPSA) is 49.3 Å². The Balaban J connectivity index is 1.75. The molecular weight excluding hydrogens is 354 g/mol. The first-order chi connectivity index (χ1) is 11.1. The standard InChI is InChI=1S/C19H16BrNO2/c20-16-6-2-5-15-13-3-1-4-14(13)17(21-18(15)16)11-7-9-12(10-8-11)19(22)23/h1-3,5-10,13-14,17,21H,4H2,(H,22,23)/t13-,14-,17+/m1/s1. The van der Waals surface area contributed by atoms with Gasteiger partial charge < -0.3 is 10.4 Å². The highest BCUT2D eigenvalue weighted by Gasteiger charge is 2.38. The molecule has 4 rings (SSSR count). The summed E-state index contributed by atoms with van der Waals surface area (Å²) in [6.45, 7) is 0. The van der Waals surface area contributed by atoms with Gasteiger partial charge in [0.1, 0.15) is 0 Å². The number of rotatable bonds is 2. The van der Waals surface area contributed by atoms with Gasteiger partial charge in [-0.1, -0.05) is 36.4 Å². The number of anilines is 1. The Hall–Kier alpha value is -2.07. The van der Waals surface area contributed by atoms with Gasteiger partial charge in [-0.05, 0) is 57.6 Å². The monoisotopic (exact) mass is 369 g/mol. The van der Waals surface area contributed by atoms with E-state index in [1.54, 1.807) is 12.1 Å². The largest absolute Gasteiger partial charge is 0.478 e. The third-order valence-corrected chi connectivity index (χ3v) is 5.52. The van der Waals surface area contributed by atoms with Gasteiger partial charge in [-0.3, -0.25) is 0 Å². The first kappa shape index (κ1) is 14.5. The molecule has 0 amide bonds. The van der Waals surface area contributed by atoms with Crippen molar-refractivity contribution in [3.8, 4) is 0 Å². The predicted molar refractivity (Wildman–Crippen MR) is 93.9 cm³/mol. The number of hydrogen-bond acceptors (Lipinski definition) is 2. The first-order valence-corrected chi connectivity index (χ1v) is 8.49. The van der Waals surface area contributed by atoms with E-state index in [1.165, 1.54) is 5.56 Å². The van der Waals surface area contributed by atoms with Gasteiger partial charge in [-0.25, -0.2) is 4.79 Å². The summed E-state index contributed by atoms with van der Waals surface area (Å²) >= 11 is 3.65. The zero-order chi connectivity index (χ0) is 16.0. The Morgan fingerprint density at radius 2 is 1.96 bits per heavy atom. The number of fused-ring (bicyclic) bond motifs is 3. The summed E-state index contributed by atoms with van der Waals surface area (Å²) < 4.78 is 1.07. The Bertz CT molecular complexity index is 798. The molecule has 2 aliphatic rings. The van der Waals surface area contributed by atoms with Crippen LogP contribution in [0.2, 0.25) is 0 Å². The van der Waals surface area contributed by atoms with E-state index < -0.39 is 5.97 Å². The lowest BCUT2D eigenvalue weighted by atomic mass is 9.77. The molecule has 1 aliphatic carbocycles. The van der Waals surface area contributed by atoms with E-state index in [0.717, 1.165) is 22.1 Å². The van der Waals surface area contributed by atoms with Gasteiger partial charge in [0, 0.05) is 10.4 Å². The number of benzene rings is 2. The van der Waals surface area contributed by atoms with E-state index in [-0.39, 0.29) is 6.04 Å². The molecule has 0 fully saturated rings. The number of allylic oxidation sites excluding steroid dienone is 2. The molecule has 4 heteroatoms. The highest BCUT2D eigenvalue weighted by atomic mass is 79.9. The summed E-state index contributed by atoms with van der Waals surface area (Å²) in [7, 11) is 0. The number of para-hydroxylation sites is 1. The maximum atomic E-state index is 11.0. The fourth-order valence-corrected chi connectivity index (χ4v) is 4.24. The number of nitrogens with one attached hydrogen (secondary N) is 1. The number of halogens is 1. The predicted octanol–water partition coefficient (Wildman–Crippen LogP) is 4.97. The van der Waals surface area contributed by atoms with Crippen molar-refractivity contribution in [1.82, 2.24) is 0 Å². The maximum Gasteiger partial charge on any atom is 0.335 e. The summed E-state index contributed by atoms with van der Waals surface area (Å²) in [6.07, 6.45) is 5.59. The van der Waals surface area contributed by atoms with Crippen molar-refractivity contribution in [2.75, 3.05) is 5.32 Å². The van der Waals surface area contributed by atoms with Crippen molar-refractivity contribution >= 4 is 27.6 Å². The minimum absolute atomic E-state index is 0.184. The molecule has 0 bridgehead atoms. The highest BCUT2D eigenvalue weighted by molar-refractivity contribution is 9.10. The van der Waals surface area contributed by atoms with Crippen LogP contribution < -0.4 is 5.32 Å². The SMILES string of the molecule is O=C(O)c1ccc([C@@H]2Nc3c(Br)cccc3[C@@H]3C=CC[C@H]32)cc1. The Labute approximate surface area is 143 Å². The average molecular weight is 370 g/mol. The van der Waals surface area contributed by atoms with E-state index in [4.69, 9.17) is 5.11 Å². The Morgan fingerprint density at radius 1 is 1.17 bits per heavy atom. The number of carboxylic acids is 1. The van der Waals surface area contributed by atoms with Crippen molar-refractivity contribution in [2.24, 2.45) is 5.92 Å². The van der Waals surface area contributed by atoms with Crippen LogP contribution in [-0.2, 0) is 0 Å². The van der Waals surface area contributed by atoms with Crippen molar-refractivity contribution in [3.05, 3.63) is 75.8 Å². The molecule has 2 N–H and O–H groups in total. The third-order valence-electron chi connectivity index (χ3n) is 4.86. The summed E-state index contributed by atoms with van der Waals surface area (Å²) in [5, 5.41) is 12.7. The number of aromatic carboxylic acids is 1. The molecular formula is C19H16BrNO2. The van der Waals surface area contributed by atoms with Crippen LogP contribution in [0.25, 0.3) is 0 Å². The molecule has 3 nitrogen and oxygen atoms in total. The third kappa shape index (κ3) is 2.38. The Morgan fingerprint density at radius 3 is 2.70 bits per heavy atom. The maximum absolute atomic E-state index is 11.0. The second kappa shape index (κ2) is 5.53. The van der Waals surface area contributed by atoms with Crippen LogP contribution in [0.5, 0.6) is 0 Å². The van der Waals surface area contributed by atoms with Crippen LogP contribution in [0.1, 0.15) is 39.9 Å². The highest BCUT2D eigenvalue weighted by Crippen LogP contribution is 2.51. The molecule has 2 aromatic carbocycles. The van der Waals surface area contributed by atoms with E-state index in [2.05, 4.69) is 51.6 Å². The van der Waals surface area contributed by atoms with Crippen LogP contribution in [0.15, 0.2) is 59.1 Å². The molecule has 0 radical (unpaired) electrons. The van der Waals surface area contributed by atoms with E-state index >= 15 is 0 Å². The zero-order valence-electron chi connectivity index (χ0n) is 12.4. The van der Waals surface area contributed by atoms with Gasteiger partial charge in [0.15, 0.2) is 0 Å². The summed E-state index contributed by atoms with van der Waals surface area (Å²) in [5.41, 5.74) is 3.94. The molecule has 0 unspecified atom stereocenters. The summed E-state index contributed by atoms with van der Waals surface area (Å²) in [6, 6.07) is 13.7. The lowest BCUT2D eigenvalue weighted by molar-refractivity contribution is 0.0697. The molecule has 2 aromatic rings. The van der Waals surface area contributed by atoms with Gasteiger partial charge in [0.05, 0.1) is 17.3 Å². The first-order valence-electron chi connectivity index (χ1n) is 7.70. The van der Waals surface area contributed by atoms with Gasteiger partial charge in [-0.2, -0.15) is 0 Å². The van der Waals surface area contributed by atoms with Crippen LogP contribution >= 0.6 is 15.9 Å². The molecule has 0 saturated carbocycles. The lowest BCUT2D eigenvalue weighted by Gasteiger charge is -2.38. The molecule has 3 atom stereocenters. The van der Waals surface area contributed by atoms with Crippen LogP contribution in [0.3, 0.4) is 0 Å². The number of carbonyl (C=O) groups is 1. The van der Waals surface area contributed by atoms with Gasteiger partial charge in [0.25, 0.3) is 0 Å². The average Bonchev–Trinajstić information content (AvgIpc) is 3.04. The molecule has 0 spiro atoms. The van der Waals surface area contributed by atoms with Crippen molar-refractivity contribution in [3.63, 3.8) is 0 Å². The fraction of sp³-hybridized carbons (Fsp3) is 0.211. The normalized spacial score (nSPS) is 24.7. The number of carboxylic acid groups (broad SMARTS) is 1.